The van der Waals surface area contributed by atoms with Crippen LogP contribution in [0.3, 0.4) is 0 Å². The maximum Gasteiger partial charge on any atom is 0.246 e. The molecule has 1 aromatic heterocycles. The number of aromatic nitrogens is 1. The van der Waals surface area contributed by atoms with Crippen LogP contribution in [-0.4, -0.2) is 31.1 Å². The van der Waals surface area contributed by atoms with Crippen molar-refractivity contribution in [3.8, 4) is 0 Å². The first-order valence-electron chi connectivity index (χ1n) is 6.82. The third-order valence-corrected chi connectivity index (χ3v) is 4.78. The van der Waals surface area contributed by atoms with Gasteiger partial charge in [-0.05, 0) is 25.0 Å². The molecule has 1 saturated heterocycles. The molecule has 112 valence electrons. The summed E-state index contributed by atoms with van der Waals surface area (Å²) in [7, 11) is 1.43. The number of carbonyl (C=O) groups excluding carboxylic acids is 1. The summed E-state index contributed by atoms with van der Waals surface area (Å²) in [4.78, 5) is 22.9. The van der Waals surface area contributed by atoms with Gasteiger partial charge in [0.1, 0.15) is 11.3 Å². The van der Waals surface area contributed by atoms with E-state index in [-0.39, 0.29) is 17.6 Å². The Kier molecular flexibility index (Phi) is 4.03. The Hall–Kier alpha value is -1.73. The quantitative estimate of drug-likeness (QED) is 0.884. The predicted octanol–water partition coefficient (Wildman–Crippen LogP) is 2.33. The van der Waals surface area contributed by atoms with Gasteiger partial charge >= 0.3 is 0 Å². The van der Waals surface area contributed by atoms with E-state index < -0.39 is 0 Å². The van der Waals surface area contributed by atoms with E-state index in [9.17, 15) is 9.18 Å². The van der Waals surface area contributed by atoms with Gasteiger partial charge in [-0.1, -0.05) is 17.4 Å². The van der Waals surface area contributed by atoms with Crippen molar-refractivity contribution >= 4 is 32.6 Å². The largest absolute Gasteiger partial charge is 0.348 e. The van der Waals surface area contributed by atoms with Crippen LogP contribution < -0.4 is 10.4 Å². The molecule has 5 nitrogen and oxygen atoms in total. The Morgan fingerprint density at radius 2 is 2.24 bits per heavy atom. The van der Waals surface area contributed by atoms with Crippen LogP contribution in [0.15, 0.2) is 18.2 Å². The lowest BCUT2D eigenvalue weighted by Gasteiger charge is -2.30. The molecule has 2 heterocycles. The molecule has 1 amide bonds. The summed E-state index contributed by atoms with van der Waals surface area (Å²) in [5.74, 6) is -0.399. The number of piperidine rings is 1. The molecule has 1 N–H and O–H groups in total. The number of hydrogen-bond acceptors (Lipinski definition) is 5. The Morgan fingerprint density at radius 3 is 2.90 bits per heavy atom. The van der Waals surface area contributed by atoms with Gasteiger partial charge in [-0.2, -0.15) is 0 Å². The van der Waals surface area contributed by atoms with Gasteiger partial charge in [-0.15, -0.1) is 0 Å². The maximum atomic E-state index is 13.7. The van der Waals surface area contributed by atoms with E-state index >= 15 is 0 Å². The monoisotopic (exact) mass is 309 g/mol. The third kappa shape index (κ3) is 2.84. The lowest BCUT2D eigenvalue weighted by molar-refractivity contribution is -0.136. The second kappa shape index (κ2) is 5.95. The molecule has 1 aliphatic heterocycles. The van der Waals surface area contributed by atoms with Gasteiger partial charge in [-0.25, -0.2) is 14.9 Å². The molecule has 7 heteroatoms. The predicted molar refractivity (Wildman–Crippen MR) is 79.7 cm³/mol. The van der Waals surface area contributed by atoms with E-state index in [1.165, 1.54) is 24.5 Å². The fourth-order valence-corrected chi connectivity index (χ4v) is 3.59. The van der Waals surface area contributed by atoms with Crippen molar-refractivity contribution in [1.29, 1.82) is 0 Å². The van der Waals surface area contributed by atoms with E-state index in [1.54, 1.807) is 6.07 Å². The van der Waals surface area contributed by atoms with Gasteiger partial charge in [0.25, 0.3) is 0 Å². The SMILES string of the molecule is CONC(=O)C1CCN(c2nc3c(F)cccc3s2)CC1. The van der Waals surface area contributed by atoms with Gasteiger partial charge in [-0.3, -0.25) is 9.63 Å². The van der Waals surface area contributed by atoms with Crippen LogP contribution in [0, 0.1) is 11.7 Å². The van der Waals surface area contributed by atoms with E-state index in [4.69, 9.17) is 0 Å². The van der Waals surface area contributed by atoms with E-state index in [1.807, 2.05) is 6.07 Å². The van der Waals surface area contributed by atoms with E-state index in [2.05, 4.69) is 20.2 Å². The molecule has 3 rings (SSSR count). The minimum Gasteiger partial charge on any atom is -0.348 e. The maximum absolute atomic E-state index is 13.7. The molecule has 0 atom stereocenters. The summed E-state index contributed by atoms with van der Waals surface area (Å²) in [5, 5.41) is 0.820. The molecule has 0 spiro atoms. The van der Waals surface area contributed by atoms with Crippen molar-refractivity contribution in [2.75, 3.05) is 25.1 Å². The number of benzene rings is 1. The minimum absolute atomic E-state index is 0.0349. The summed E-state index contributed by atoms with van der Waals surface area (Å²) in [6.07, 6.45) is 1.49. The van der Waals surface area contributed by atoms with Crippen molar-refractivity contribution in [2.24, 2.45) is 5.92 Å². The number of carbonyl (C=O) groups is 1. The second-order valence-electron chi connectivity index (χ2n) is 5.01. The first-order valence-corrected chi connectivity index (χ1v) is 7.63. The number of para-hydroxylation sites is 1. The molecular formula is C14H16FN3O2S. The van der Waals surface area contributed by atoms with Crippen LogP contribution in [0.25, 0.3) is 10.2 Å². The second-order valence-corrected chi connectivity index (χ2v) is 6.02. The molecule has 1 aliphatic rings. The molecule has 0 bridgehead atoms. The molecule has 21 heavy (non-hydrogen) atoms. The van der Waals surface area contributed by atoms with Crippen molar-refractivity contribution in [2.45, 2.75) is 12.8 Å². The first-order chi connectivity index (χ1) is 10.2. The molecule has 0 saturated carbocycles. The zero-order valence-electron chi connectivity index (χ0n) is 11.6. The average molecular weight is 309 g/mol. The summed E-state index contributed by atoms with van der Waals surface area (Å²) >= 11 is 1.49. The fourth-order valence-electron chi connectivity index (χ4n) is 2.56. The zero-order valence-corrected chi connectivity index (χ0v) is 12.5. The summed E-state index contributed by atoms with van der Waals surface area (Å²) < 4.78 is 14.5. The molecular weight excluding hydrogens is 293 g/mol. The number of amides is 1. The highest BCUT2D eigenvalue weighted by molar-refractivity contribution is 7.22. The number of rotatable bonds is 3. The zero-order chi connectivity index (χ0) is 14.8. The number of hydrogen-bond donors (Lipinski definition) is 1. The number of fused-ring (bicyclic) bond motifs is 1. The molecule has 0 aliphatic carbocycles. The first kappa shape index (κ1) is 14.2. The molecule has 1 aromatic carbocycles. The topological polar surface area (TPSA) is 54.5 Å². The van der Waals surface area contributed by atoms with Gasteiger partial charge in [0.2, 0.25) is 5.91 Å². The highest BCUT2D eigenvalue weighted by atomic mass is 32.1. The van der Waals surface area contributed by atoms with Gasteiger partial charge in [0, 0.05) is 19.0 Å². The Labute approximate surface area is 125 Å². The van der Waals surface area contributed by atoms with Crippen molar-refractivity contribution in [1.82, 2.24) is 10.5 Å². The van der Waals surface area contributed by atoms with Crippen LogP contribution in [0.5, 0.6) is 0 Å². The minimum atomic E-state index is -0.288. The van der Waals surface area contributed by atoms with Crippen LogP contribution in [0.4, 0.5) is 9.52 Å². The highest BCUT2D eigenvalue weighted by Gasteiger charge is 2.26. The van der Waals surface area contributed by atoms with Crippen LogP contribution in [0.2, 0.25) is 0 Å². The third-order valence-electron chi connectivity index (χ3n) is 3.70. The fraction of sp³-hybridized carbons (Fsp3) is 0.429. The van der Waals surface area contributed by atoms with Crippen LogP contribution in [0.1, 0.15) is 12.8 Å². The number of halogens is 1. The molecule has 2 aromatic rings. The number of thiazole rings is 1. The number of hydroxylamine groups is 1. The van der Waals surface area contributed by atoms with Crippen molar-refractivity contribution in [3.63, 3.8) is 0 Å². The standard InChI is InChI=1S/C14H16FN3O2S/c1-20-17-13(19)9-5-7-18(8-6-9)14-16-12-10(15)3-2-4-11(12)21-14/h2-4,9H,5-8H2,1H3,(H,17,19). The van der Waals surface area contributed by atoms with Gasteiger partial charge in [0.05, 0.1) is 11.8 Å². The summed E-state index contributed by atoms with van der Waals surface area (Å²) in [6.45, 7) is 1.48. The molecule has 0 unspecified atom stereocenters. The Bertz CT molecular complexity index is 653. The van der Waals surface area contributed by atoms with E-state index in [0.717, 1.165) is 35.8 Å². The Morgan fingerprint density at radius 1 is 1.48 bits per heavy atom. The lowest BCUT2D eigenvalue weighted by Crippen LogP contribution is -2.40. The highest BCUT2D eigenvalue weighted by Crippen LogP contribution is 2.32. The van der Waals surface area contributed by atoms with E-state index in [0.29, 0.717) is 5.52 Å². The number of anilines is 1. The van der Waals surface area contributed by atoms with Gasteiger partial charge in [0.15, 0.2) is 5.13 Å². The smallest absolute Gasteiger partial charge is 0.246 e. The summed E-state index contributed by atoms with van der Waals surface area (Å²) in [5.41, 5.74) is 2.81. The number of nitrogens with zero attached hydrogens (tertiary/aromatic N) is 2. The van der Waals surface area contributed by atoms with Crippen LogP contribution >= 0.6 is 11.3 Å². The molecule has 1 fully saturated rings. The van der Waals surface area contributed by atoms with Crippen molar-refractivity contribution < 1.29 is 14.0 Å². The van der Waals surface area contributed by atoms with Crippen LogP contribution in [-0.2, 0) is 9.63 Å². The molecule has 0 radical (unpaired) electrons. The van der Waals surface area contributed by atoms with Gasteiger partial charge < -0.3 is 4.90 Å². The Balaban J connectivity index is 1.71. The van der Waals surface area contributed by atoms with Crippen molar-refractivity contribution in [3.05, 3.63) is 24.0 Å². The normalized spacial score (nSPS) is 16.4. The average Bonchev–Trinajstić information content (AvgIpc) is 2.93. The lowest BCUT2D eigenvalue weighted by atomic mass is 9.97. The number of nitrogens with one attached hydrogen (secondary N) is 1. The summed E-state index contributed by atoms with van der Waals surface area (Å²) in [6, 6.07) is 4.99.